The minimum absolute atomic E-state index is 0. The quantitative estimate of drug-likeness (QED) is 0.496. The first-order chi connectivity index (χ1) is 8.18. The first-order valence-electron chi connectivity index (χ1n) is 5.02. The third-order valence-corrected chi connectivity index (χ3v) is 2.36. The van der Waals surface area contributed by atoms with E-state index in [1.165, 1.54) is 18.2 Å². The van der Waals surface area contributed by atoms with Crippen LogP contribution in [-0.2, 0) is 0 Å². The van der Waals surface area contributed by atoms with Gasteiger partial charge in [0.1, 0.15) is 0 Å². The Kier molecular flexibility index (Phi) is 4.74. The molecule has 0 atom stereocenters. The zero-order valence-corrected chi connectivity index (χ0v) is 11.0. The number of non-ortho nitro benzene ring substituents is 1. The van der Waals surface area contributed by atoms with Crippen LogP contribution in [0.5, 0.6) is 0 Å². The molecule has 0 amide bonds. The predicted molar refractivity (Wildman–Crippen MR) is 73.3 cm³/mol. The van der Waals surface area contributed by atoms with Crippen LogP contribution in [0.2, 0.25) is 0 Å². The summed E-state index contributed by atoms with van der Waals surface area (Å²) in [4.78, 5) is 22.1. The van der Waals surface area contributed by atoms with Crippen LogP contribution < -0.4 is 0 Å². The fourth-order valence-corrected chi connectivity index (χ4v) is 1.52. The molecule has 0 heterocycles. The Bertz CT molecular complexity index is 569. The molecule has 2 rings (SSSR count). The summed E-state index contributed by atoms with van der Waals surface area (Å²) in [5.74, 6) is -0.214. The van der Waals surface area contributed by atoms with Gasteiger partial charge < -0.3 is 0 Å². The number of nitro groups is 1. The molecule has 2 aromatic carbocycles. The number of benzene rings is 2. The fraction of sp³-hybridized carbons (Fsp3) is 0. The number of hydrogen-bond acceptors (Lipinski definition) is 3. The Balaban J connectivity index is 0.00000162. The molecule has 4 nitrogen and oxygen atoms in total. The second-order valence-electron chi connectivity index (χ2n) is 3.50. The van der Waals surface area contributed by atoms with Crippen LogP contribution in [0.25, 0.3) is 0 Å². The van der Waals surface area contributed by atoms with Crippen LogP contribution in [0.4, 0.5) is 5.69 Å². The molecule has 0 bridgehead atoms. The van der Waals surface area contributed by atoms with Crippen molar-refractivity contribution in [1.82, 2.24) is 0 Å². The lowest BCUT2D eigenvalue weighted by Gasteiger charge is -2.00. The second-order valence-corrected chi connectivity index (χ2v) is 3.50. The van der Waals surface area contributed by atoms with Gasteiger partial charge in [-0.3, -0.25) is 14.9 Å². The van der Waals surface area contributed by atoms with Gasteiger partial charge in [-0.1, -0.05) is 42.5 Å². The van der Waals surface area contributed by atoms with Crippen molar-refractivity contribution in [3.8, 4) is 0 Å². The summed E-state index contributed by atoms with van der Waals surface area (Å²) in [5.41, 5.74) is 0.769. The fourth-order valence-electron chi connectivity index (χ4n) is 1.52. The van der Waals surface area contributed by atoms with E-state index in [1.807, 2.05) is 6.07 Å². The van der Waals surface area contributed by atoms with Gasteiger partial charge in [-0.2, -0.15) is 0 Å². The van der Waals surface area contributed by atoms with E-state index >= 15 is 0 Å². The van der Waals surface area contributed by atoms with Crippen LogP contribution in [-0.4, -0.2) is 10.7 Å². The molecule has 5 heteroatoms. The van der Waals surface area contributed by atoms with E-state index in [4.69, 9.17) is 0 Å². The summed E-state index contributed by atoms with van der Waals surface area (Å²) in [7, 11) is 0. The summed E-state index contributed by atoms with van der Waals surface area (Å²) in [6.07, 6.45) is 0. The Hall–Kier alpha value is -2.01. The first-order valence-corrected chi connectivity index (χ1v) is 5.02. The largest absolute Gasteiger partial charge is 0.289 e. The number of nitrogens with zero attached hydrogens (tertiary/aromatic N) is 1. The molecule has 0 fully saturated rings. The number of hydrogen-bond donors (Lipinski definition) is 0. The van der Waals surface area contributed by atoms with Crippen LogP contribution in [0, 0.1) is 10.1 Å². The van der Waals surface area contributed by atoms with E-state index in [-0.39, 0.29) is 28.5 Å². The third-order valence-electron chi connectivity index (χ3n) is 2.36. The predicted octanol–water partition coefficient (Wildman–Crippen LogP) is 3.40. The Labute approximate surface area is 114 Å². The van der Waals surface area contributed by atoms with Crippen molar-refractivity contribution >= 4 is 28.5 Å². The summed E-state index contributed by atoms with van der Waals surface area (Å²) in [6, 6.07) is 14.4. The monoisotopic (exact) mass is 307 g/mol. The highest BCUT2D eigenvalue weighted by Gasteiger charge is 2.12. The third kappa shape index (κ3) is 3.01. The summed E-state index contributed by atoms with van der Waals surface area (Å²) >= 11 is 0. The van der Waals surface area contributed by atoms with Crippen LogP contribution in [0.1, 0.15) is 15.9 Å². The van der Waals surface area contributed by atoms with Crippen molar-refractivity contribution in [2.24, 2.45) is 0 Å². The second kappa shape index (κ2) is 6.07. The molecule has 0 aliphatic heterocycles. The topological polar surface area (TPSA) is 60.2 Å². The number of carbonyl (C=O) groups is 1. The Morgan fingerprint density at radius 2 is 1.56 bits per heavy atom. The SMILES string of the molecule is Br.O=C(c1ccccc1)c1cccc([N+](=O)[O-])c1. The van der Waals surface area contributed by atoms with Crippen molar-refractivity contribution < 1.29 is 9.72 Å². The van der Waals surface area contributed by atoms with Crippen LogP contribution in [0.15, 0.2) is 54.6 Å². The zero-order chi connectivity index (χ0) is 12.3. The highest BCUT2D eigenvalue weighted by molar-refractivity contribution is 8.93. The van der Waals surface area contributed by atoms with Crippen LogP contribution >= 0.6 is 17.0 Å². The molecule has 0 aliphatic rings. The molecular weight excluding hydrogens is 298 g/mol. The number of ketones is 1. The molecule has 0 aromatic heterocycles. The average molecular weight is 308 g/mol. The molecule has 92 valence electrons. The molecule has 0 radical (unpaired) electrons. The lowest BCUT2D eigenvalue weighted by Crippen LogP contribution is -2.01. The Morgan fingerprint density at radius 1 is 0.944 bits per heavy atom. The van der Waals surface area contributed by atoms with E-state index in [0.29, 0.717) is 11.1 Å². The molecule has 0 spiro atoms. The molecule has 0 saturated heterocycles. The summed E-state index contributed by atoms with van der Waals surface area (Å²) in [6.45, 7) is 0. The molecule has 0 N–H and O–H groups in total. The van der Waals surface area contributed by atoms with Crippen molar-refractivity contribution in [1.29, 1.82) is 0 Å². The molecular formula is C13H10BrNO3. The van der Waals surface area contributed by atoms with E-state index in [1.54, 1.807) is 30.3 Å². The van der Waals surface area contributed by atoms with Gasteiger partial charge in [-0.25, -0.2) is 0 Å². The number of carbonyl (C=O) groups excluding carboxylic acids is 1. The van der Waals surface area contributed by atoms with E-state index < -0.39 is 4.92 Å². The maximum atomic E-state index is 12.0. The Morgan fingerprint density at radius 3 is 2.17 bits per heavy atom. The normalized spacial score (nSPS) is 9.33. The lowest BCUT2D eigenvalue weighted by atomic mass is 10.0. The molecule has 0 saturated carbocycles. The smallest absolute Gasteiger partial charge is 0.270 e. The highest BCUT2D eigenvalue weighted by atomic mass is 79.9. The summed E-state index contributed by atoms with van der Waals surface area (Å²) in [5, 5.41) is 10.6. The molecule has 0 unspecified atom stereocenters. The van der Waals surface area contributed by atoms with Gasteiger partial charge in [-0.15, -0.1) is 17.0 Å². The van der Waals surface area contributed by atoms with Gasteiger partial charge in [0.05, 0.1) is 4.92 Å². The summed E-state index contributed by atoms with van der Waals surface area (Å²) < 4.78 is 0. The van der Waals surface area contributed by atoms with E-state index in [0.717, 1.165) is 0 Å². The van der Waals surface area contributed by atoms with E-state index in [2.05, 4.69) is 0 Å². The standard InChI is InChI=1S/C13H9NO3.BrH/c15-13(10-5-2-1-3-6-10)11-7-4-8-12(9-11)14(16)17;/h1-9H;1H. The van der Waals surface area contributed by atoms with Crippen molar-refractivity contribution in [3.63, 3.8) is 0 Å². The maximum absolute atomic E-state index is 12.0. The molecule has 2 aromatic rings. The minimum Gasteiger partial charge on any atom is -0.289 e. The number of nitro benzene ring substituents is 1. The van der Waals surface area contributed by atoms with Crippen molar-refractivity contribution in [3.05, 3.63) is 75.8 Å². The lowest BCUT2D eigenvalue weighted by molar-refractivity contribution is -0.384. The zero-order valence-electron chi connectivity index (χ0n) is 9.28. The van der Waals surface area contributed by atoms with Gasteiger partial charge in [0.25, 0.3) is 5.69 Å². The molecule has 0 aliphatic carbocycles. The maximum Gasteiger partial charge on any atom is 0.270 e. The van der Waals surface area contributed by atoms with Gasteiger partial charge in [0.2, 0.25) is 0 Å². The minimum atomic E-state index is -0.512. The van der Waals surface area contributed by atoms with Gasteiger partial charge in [0, 0.05) is 23.3 Å². The van der Waals surface area contributed by atoms with Gasteiger partial charge in [0.15, 0.2) is 5.78 Å². The molecule has 18 heavy (non-hydrogen) atoms. The average Bonchev–Trinajstić information content (AvgIpc) is 2.39. The van der Waals surface area contributed by atoms with Crippen molar-refractivity contribution in [2.75, 3.05) is 0 Å². The highest BCUT2D eigenvalue weighted by Crippen LogP contribution is 2.16. The van der Waals surface area contributed by atoms with Crippen molar-refractivity contribution in [2.45, 2.75) is 0 Å². The van der Waals surface area contributed by atoms with E-state index in [9.17, 15) is 14.9 Å². The first kappa shape index (κ1) is 14.1. The number of halogens is 1. The van der Waals surface area contributed by atoms with Crippen LogP contribution in [0.3, 0.4) is 0 Å². The van der Waals surface area contributed by atoms with Gasteiger partial charge in [-0.05, 0) is 0 Å². The number of rotatable bonds is 3. The van der Waals surface area contributed by atoms with Gasteiger partial charge >= 0.3 is 0 Å².